The van der Waals surface area contributed by atoms with Crippen LogP contribution in [0.15, 0.2) is 42.5 Å². The van der Waals surface area contributed by atoms with Crippen molar-refractivity contribution in [2.75, 3.05) is 13.2 Å². The fourth-order valence-electron chi connectivity index (χ4n) is 1.96. The van der Waals surface area contributed by atoms with Crippen molar-refractivity contribution in [3.8, 4) is 17.6 Å². The largest absolute Gasteiger partial charge is 0.456 e. The lowest BCUT2D eigenvalue weighted by Gasteiger charge is -2.10. The Labute approximate surface area is 134 Å². The van der Waals surface area contributed by atoms with Gasteiger partial charge in [-0.15, -0.1) is 0 Å². The first-order chi connectivity index (χ1) is 10.7. The third-order valence-electron chi connectivity index (χ3n) is 3.03. The van der Waals surface area contributed by atoms with Gasteiger partial charge in [0.15, 0.2) is 0 Å². The Kier molecular flexibility index (Phi) is 6.23. The minimum atomic E-state index is 0.182. The Bertz CT molecular complexity index is 668. The van der Waals surface area contributed by atoms with Gasteiger partial charge in [0, 0.05) is 24.2 Å². The van der Waals surface area contributed by atoms with Gasteiger partial charge in [0.05, 0.1) is 5.56 Å². The molecule has 0 atom stereocenters. The molecule has 114 valence electrons. The summed E-state index contributed by atoms with van der Waals surface area (Å²) in [4.78, 5) is 0. The van der Waals surface area contributed by atoms with Crippen molar-refractivity contribution in [1.82, 2.24) is 5.32 Å². The molecule has 0 aliphatic carbocycles. The van der Waals surface area contributed by atoms with Gasteiger partial charge < -0.3 is 15.2 Å². The van der Waals surface area contributed by atoms with Crippen LogP contribution in [0.5, 0.6) is 11.5 Å². The van der Waals surface area contributed by atoms with Crippen LogP contribution in [0.3, 0.4) is 0 Å². The zero-order valence-corrected chi connectivity index (χ0v) is 12.8. The van der Waals surface area contributed by atoms with Gasteiger partial charge in [-0.1, -0.05) is 23.7 Å². The third kappa shape index (κ3) is 4.74. The van der Waals surface area contributed by atoms with Crippen molar-refractivity contribution in [3.05, 3.63) is 58.6 Å². The Hall–Kier alpha value is -2.06. The van der Waals surface area contributed by atoms with E-state index in [9.17, 15) is 0 Å². The van der Waals surface area contributed by atoms with E-state index < -0.39 is 0 Å². The number of nitriles is 1. The number of halogens is 1. The number of aliphatic hydroxyl groups is 1. The molecular weight excluding hydrogens is 300 g/mol. The topological polar surface area (TPSA) is 65.3 Å². The summed E-state index contributed by atoms with van der Waals surface area (Å²) in [6.07, 6.45) is 0.726. The smallest absolute Gasteiger partial charge is 0.146 e. The highest BCUT2D eigenvalue weighted by Crippen LogP contribution is 2.28. The van der Waals surface area contributed by atoms with Gasteiger partial charge in [-0.3, -0.25) is 0 Å². The lowest BCUT2D eigenvalue weighted by atomic mass is 10.2. The minimum Gasteiger partial charge on any atom is -0.456 e. The summed E-state index contributed by atoms with van der Waals surface area (Å²) in [6, 6.07) is 14.6. The Morgan fingerprint density at radius 2 is 2.09 bits per heavy atom. The molecule has 4 nitrogen and oxygen atoms in total. The first kappa shape index (κ1) is 16.3. The second kappa shape index (κ2) is 8.40. The highest BCUT2D eigenvalue weighted by molar-refractivity contribution is 6.30. The Balaban J connectivity index is 2.07. The molecule has 0 fully saturated rings. The minimum absolute atomic E-state index is 0.182. The van der Waals surface area contributed by atoms with E-state index in [1.807, 2.05) is 24.3 Å². The number of ether oxygens (including phenoxy) is 1. The first-order valence-corrected chi connectivity index (χ1v) is 7.39. The van der Waals surface area contributed by atoms with Crippen molar-refractivity contribution in [3.63, 3.8) is 0 Å². The van der Waals surface area contributed by atoms with Crippen molar-refractivity contribution in [2.45, 2.75) is 13.0 Å². The monoisotopic (exact) mass is 316 g/mol. The molecule has 5 heteroatoms. The summed E-state index contributed by atoms with van der Waals surface area (Å²) in [5.41, 5.74) is 1.51. The quantitative estimate of drug-likeness (QED) is 0.768. The fourth-order valence-corrected chi connectivity index (χ4v) is 2.12. The zero-order chi connectivity index (χ0) is 15.8. The van der Waals surface area contributed by atoms with Crippen LogP contribution in [0, 0.1) is 11.3 Å². The summed E-state index contributed by atoms with van der Waals surface area (Å²) in [7, 11) is 0. The summed E-state index contributed by atoms with van der Waals surface area (Å²) < 4.78 is 5.77. The van der Waals surface area contributed by atoms with E-state index in [-0.39, 0.29) is 6.61 Å². The predicted molar refractivity (Wildman–Crippen MR) is 86.1 cm³/mol. The molecule has 0 aromatic heterocycles. The van der Waals surface area contributed by atoms with Gasteiger partial charge >= 0.3 is 0 Å². The van der Waals surface area contributed by atoms with Gasteiger partial charge in [0.2, 0.25) is 0 Å². The third-order valence-corrected chi connectivity index (χ3v) is 3.27. The van der Waals surface area contributed by atoms with E-state index in [0.717, 1.165) is 18.5 Å². The standard InChI is InChI=1S/C17H17ClN2O2/c18-15-6-5-14(11-19)17(10-15)22-16-4-1-3-13(9-16)12-20-7-2-8-21/h1,3-6,9-10,20-21H,2,7-8,12H2. The molecule has 0 spiro atoms. The van der Waals surface area contributed by atoms with Gasteiger partial charge in [-0.2, -0.15) is 5.26 Å². The normalized spacial score (nSPS) is 10.2. The van der Waals surface area contributed by atoms with E-state index in [1.165, 1.54) is 0 Å². The van der Waals surface area contributed by atoms with Gasteiger partial charge in [-0.25, -0.2) is 0 Å². The number of nitrogens with one attached hydrogen (secondary N) is 1. The average Bonchev–Trinajstić information content (AvgIpc) is 2.52. The summed E-state index contributed by atoms with van der Waals surface area (Å²) >= 11 is 5.95. The number of nitrogens with zero attached hydrogens (tertiary/aromatic N) is 1. The summed E-state index contributed by atoms with van der Waals surface area (Å²) in [6.45, 7) is 1.63. The molecule has 0 aliphatic heterocycles. The molecule has 0 heterocycles. The van der Waals surface area contributed by atoms with Gasteiger partial charge in [0.1, 0.15) is 17.6 Å². The Morgan fingerprint density at radius 3 is 2.86 bits per heavy atom. The van der Waals surface area contributed by atoms with E-state index in [2.05, 4.69) is 11.4 Å². The number of benzene rings is 2. The van der Waals surface area contributed by atoms with Crippen LogP contribution >= 0.6 is 11.6 Å². The molecule has 2 rings (SSSR count). The van der Waals surface area contributed by atoms with Crippen molar-refractivity contribution in [2.24, 2.45) is 0 Å². The van der Waals surface area contributed by atoms with Crippen molar-refractivity contribution in [1.29, 1.82) is 5.26 Å². The molecule has 2 aromatic rings. The van der Waals surface area contributed by atoms with Gasteiger partial charge in [0.25, 0.3) is 0 Å². The molecule has 0 unspecified atom stereocenters. The van der Waals surface area contributed by atoms with Crippen molar-refractivity contribution >= 4 is 11.6 Å². The summed E-state index contributed by atoms with van der Waals surface area (Å²) in [5, 5.41) is 21.6. The molecule has 0 saturated heterocycles. The van der Waals surface area contributed by atoms with Gasteiger partial charge in [-0.05, 0) is 42.8 Å². The number of rotatable bonds is 7. The SMILES string of the molecule is N#Cc1ccc(Cl)cc1Oc1cccc(CNCCCO)c1. The molecule has 22 heavy (non-hydrogen) atoms. The second-order valence-corrected chi connectivity index (χ2v) is 5.19. The molecule has 2 aromatic carbocycles. The van der Waals surface area contributed by atoms with Crippen LogP contribution in [0.2, 0.25) is 5.02 Å². The van der Waals surface area contributed by atoms with E-state index >= 15 is 0 Å². The number of hydrogen-bond donors (Lipinski definition) is 2. The number of hydrogen-bond acceptors (Lipinski definition) is 4. The lowest BCUT2D eigenvalue weighted by molar-refractivity contribution is 0.286. The van der Waals surface area contributed by atoms with Crippen LogP contribution in [0.25, 0.3) is 0 Å². The average molecular weight is 317 g/mol. The maximum atomic E-state index is 9.11. The van der Waals surface area contributed by atoms with E-state index in [4.69, 9.17) is 26.7 Å². The maximum Gasteiger partial charge on any atom is 0.146 e. The van der Waals surface area contributed by atoms with Crippen molar-refractivity contribution < 1.29 is 9.84 Å². The molecule has 0 radical (unpaired) electrons. The molecule has 0 amide bonds. The van der Waals surface area contributed by atoms with Crippen LogP contribution in [-0.4, -0.2) is 18.3 Å². The van der Waals surface area contributed by atoms with Crippen LogP contribution in [0.1, 0.15) is 17.5 Å². The second-order valence-electron chi connectivity index (χ2n) is 4.76. The molecule has 0 bridgehead atoms. The summed E-state index contributed by atoms with van der Waals surface area (Å²) in [5.74, 6) is 1.10. The number of aliphatic hydroxyl groups excluding tert-OH is 1. The fraction of sp³-hybridized carbons (Fsp3) is 0.235. The van der Waals surface area contributed by atoms with Crippen LogP contribution < -0.4 is 10.1 Å². The van der Waals surface area contributed by atoms with E-state index in [1.54, 1.807) is 18.2 Å². The van der Waals surface area contributed by atoms with Crippen LogP contribution in [0.4, 0.5) is 0 Å². The highest BCUT2D eigenvalue weighted by atomic mass is 35.5. The molecular formula is C17H17ClN2O2. The zero-order valence-electron chi connectivity index (χ0n) is 12.1. The molecule has 2 N–H and O–H groups in total. The molecule has 0 aliphatic rings. The predicted octanol–water partition coefficient (Wildman–Crippen LogP) is 3.48. The molecule has 0 saturated carbocycles. The lowest BCUT2D eigenvalue weighted by Crippen LogP contribution is -2.15. The Morgan fingerprint density at radius 1 is 1.23 bits per heavy atom. The van der Waals surface area contributed by atoms with Crippen LogP contribution in [-0.2, 0) is 6.54 Å². The first-order valence-electron chi connectivity index (χ1n) is 7.01. The highest BCUT2D eigenvalue weighted by Gasteiger charge is 2.06. The maximum absolute atomic E-state index is 9.11. The van der Waals surface area contributed by atoms with E-state index in [0.29, 0.717) is 28.6 Å².